The lowest BCUT2D eigenvalue weighted by molar-refractivity contribution is 0.133. The van der Waals surface area contributed by atoms with Gasteiger partial charge >= 0.3 is 0 Å². The molecule has 0 aliphatic rings. The highest BCUT2D eigenvalue weighted by atomic mass is 35.5. The summed E-state index contributed by atoms with van der Waals surface area (Å²) in [7, 11) is -3.50. The van der Waals surface area contributed by atoms with Gasteiger partial charge < -0.3 is 4.74 Å². The molecule has 18 heavy (non-hydrogen) atoms. The fraction of sp³-hybridized carbons (Fsp3) is 0.700. The van der Waals surface area contributed by atoms with Crippen LogP contribution in [0.3, 0.4) is 0 Å². The largest absolute Gasteiger partial charge is 0.381 e. The first-order valence-electron chi connectivity index (χ1n) is 5.67. The number of nitrogens with one attached hydrogen (secondary N) is 1. The number of hydrogen-bond acceptors (Lipinski definition) is 5. The van der Waals surface area contributed by atoms with Crippen molar-refractivity contribution in [3.8, 4) is 0 Å². The van der Waals surface area contributed by atoms with Crippen LogP contribution in [0, 0.1) is 6.92 Å². The van der Waals surface area contributed by atoms with Crippen molar-refractivity contribution in [2.75, 3.05) is 19.8 Å². The molecular weight excluding hydrogens is 296 g/mol. The number of hydrogen-bond donors (Lipinski definition) is 1. The highest BCUT2D eigenvalue weighted by molar-refractivity contribution is 7.91. The molecule has 0 aliphatic carbocycles. The molecule has 0 amide bonds. The van der Waals surface area contributed by atoms with Crippen molar-refractivity contribution in [2.45, 2.75) is 30.9 Å². The van der Waals surface area contributed by atoms with Gasteiger partial charge in [0.05, 0.1) is 5.69 Å². The Hall–Kier alpha value is -0.210. The summed E-state index contributed by atoms with van der Waals surface area (Å²) in [6.07, 6.45) is 1.61. The summed E-state index contributed by atoms with van der Waals surface area (Å²) in [5, 5.41) is 0. The molecule has 0 atom stereocenters. The average Bonchev–Trinajstić information content (AvgIpc) is 2.63. The van der Waals surface area contributed by atoms with Gasteiger partial charge in [0.15, 0.2) is 8.68 Å². The number of halogens is 1. The monoisotopic (exact) mass is 312 g/mol. The Balaban J connectivity index is 2.43. The molecule has 1 aromatic rings. The van der Waals surface area contributed by atoms with Crippen LogP contribution in [-0.4, -0.2) is 33.2 Å². The molecule has 104 valence electrons. The summed E-state index contributed by atoms with van der Waals surface area (Å²) in [5.74, 6) is 0. The molecule has 0 saturated heterocycles. The van der Waals surface area contributed by atoms with Gasteiger partial charge in [-0.1, -0.05) is 29.9 Å². The summed E-state index contributed by atoms with van der Waals surface area (Å²) in [6, 6.07) is 0. The van der Waals surface area contributed by atoms with Gasteiger partial charge in [0.1, 0.15) is 0 Å². The van der Waals surface area contributed by atoms with E-state index in [0.717, 1.165) is 17.8 Å². The van der Waals surface area contributed by atoms with Gasteiger partial charge in [0.25, 0.3) is 10.0 Å². The highest BCUT2D eigenvalue weighted by Crippen LogP contribution is 2.26. The van der Waals surface area contributed by atoms with Crippen LogP contribution in [0.5, 0.6) is 0 Å². The van der Waals surface area contributed by atoms with E-state index in [0.29, 0.717) is 31.9 Å². The maximum absolute atomic E-state index is 11.9. The van der Waals surface area contributed by atoms with Crippen LogP contribution in [0.15, 0.2) is 4.21 Å². The van der Waals surface area contributed by atoms with Crippen molar-refractivity contribution in [1.82, 2.24) is 9.71 Å². The Morgan fingerprint density at radius 1 is 1.44 bits per heavy atom. The number of nitrogens with zero attached hydrogens (tertiary/aromatic N) is 1. The molecule has 0 fully saturated rings. The number of thiazole rings is 1. The van der Waals surface area contributed by atoms with Crippen LogP contribution in [0.4, 0.5) is 0 Å². The molecule has 5 nitrogen and oxygen atoms in total. The van der Waals surface area contributed by atoms with E-state index in [1.54, 1.807) is 6.92 Å². The Morgan fingerprint density at radius 2 is 2.17 bits per heavy atom. The summed E-state index contributed by atoms with van der Waals surface area (Å²) in [4.78, 5) is 3.89. The zero-order valence-corrected chi connectivity index (χ0v) is 12.8. The molecule has 0 saturated carbocycles. The predicted octanol–water partition coefficient (Wildman–Crippen LogP) is 2.20. The predicted molar refractivity (Wildman–Crippen MR) is 72.8 cm³/mol. The van der Waals surface area contributed by atoms with Crippen LogP contribution >= 0.6 is 22.9 Å². The Bertz CT molecular complexity index is 473. The van der Waals surface area contributed by atoms with E-state index in [1.165, 1.54) is 0 Å². The quantitative estimate of drug-likeness (QED) is 0.747. The number of aryl methyl sites for hydroxylation is 1. The maximum Gasteiger partial charge on any atom is 0.251 e. The maximum atomic E-state index is 11.9. The van der Waals surface area contributed by atoms with Gasteiger partial charge in [0, 0.05) is 19.8 Å². The summed E-state index contributed by atoms with van der Waals surface area (Å²) >= 11 is 6.65. The van der Waals surface area contributed by atoms with E-state index in [-0.39, 0.29) is 8.68 Å². The summed E-state index contributed by atoms with van der Waals surface area (Å²) in [6.45, 7) is 5.26. The third kappa shape index (κ3) is 4.81. The first-order chi connectivity index (χ1) is 8.47. The number of ether oxygens (including phenoxy) is 1. The molecule has 0 radical (unpaired) electrons. The summed E-state index contributed by atoms with van der Waals surface area (Å²) in [5.41, 5.74) is 0.430. The van der Waals surface area contributed by atoms with Gasteiger partial charge in [-0.2, -0.15) is 0 Å². The minimum atomic E-state index is -3.50. The fourth-order valence-electron chi connectivity index (χ4n) is 1.29. The standard InChI is InChI=1S/C10H17ClN2O3S2/c1-3-6-16-7-4-5-12-18(14,15)9-8(2)13-10(11)17-9/h12H,3-7H2,1-2H3. The molecule has 0 aliphatic heterocycles. The van der Waals surface area contributed by atoms with E-state index in [2.05, 4.69) is 9.71 Å². The van der Waals surface area contributed by atoms with E-state index in [4.69, 9.17) is 16.3 Å². The van der Waals surface area contributed by atoms with Crippen molar-refractivity contribution < 1.29 is 13.2 Å². The normalized spacial score (nSPS) is 11.9. The molecule has 1 N–H and O–H groups in total. The third-order valence-electron chi connectivity index (χ3n) is 2.08. The third-order valence-corrected chi connectivity index (χ3v) is 5.41. The second kappa shape index (κ2) is 7.40. The Labute approximate surface area is 117 Å². The molecule has 1 aromatic heterocycles. The molecule has 1 rings (SSSR count). The fourth-order valence-corrected chi connectivity index (χ4v) is 4.15. The molecule has 0 spiro atoms. The van der Waals surface area contributed by atoms with Crippen molar-refractivity contribution in [3.63, 3.8) is 0 Å². The average molecular weight is 313 g/mol. The van der Waals surface area contributed by atoms with Crippen LogP contribution < -0.4 is 4.72 Å². The smallest absolute Gasteiger partial charge is 0.251 e. The highest BCUT2D eigenvalue weighted by Gasteiger charge is 2.20. The van der Waals surface area contributed by atoms with Gasteiger partial charge in [-0.05, 0) is 19.8 Å². The summed E-state index contributed by atoms with van der Waals surface area (Å²) < 4.78 is 32.0. The number of sulfonamides is 1. The van der Waals surface area contributed by atoms with Crippen LogP contribution in [0.2, 0.25) is 4.47 Å². The molecule has 8 heteroatoms. The first-order valence-corrected chi connectivity index (χ1v) is 8.35. The van der Waals surface area contributed by atoms with Crippen LogP contribution in [-0.2, 0) is 14.8 Å². The van der Waals surface area contributed by atoms with Gasteiger partial charge in [-0.25, -0.2) is 18.1 Å². The minimum Gasteiger partial charge on any atom is -0.381 e. The van der Waals surface area contributed by atoms with Gasteiger partial charge in [-0.3, -0.25) is 0 Å². The topological polar surface area (TPSA) is 68.3 Å². The number of rotatable bonds is 8. The van der Waals surface area contributed by atoms with Gasteiger partial charge in [0.2, 0.25) is 0 Å². The van der Waals surface area contributed by atoms with Crippen LogP contribution in [0.25, 0.3) is 0 Å². The lowest BCUT2D eigenvalue weighted by atomic mass is 10.4. The van der Waals surface area contributed by atoms with Crippen molar-refractivity contribution in [3.05, 3.63) is 10.2 Å². The van der Waals surface area contributed by atoms with Crippen molar-refractivity contribution >= 4 is 33.0 Å². The molecule has 0 unspecified atom stereocenters. The zero-order chi connectivity index (χ0) is 13.6. The zero-order valence-electron chi connectivity index (χ0n) is 10.4. The van der Waals surface area contributed by atoms with E-state index >= 15 is 0 Å². The molecule has 1 heterocycles. The molecule has 0 bridgehead atoms. The van der Waals surface area contributed by atoms with E-state index in [1.807, 2.05) is 6.92 Å². The first kappa shape index (κ1) is 15.8. The van der Waals surface area contributed by atoms with E-state index in [9.17, 15) is 8.42 Å². The molecule has 0 aromatic carbocycles. The van der Waals surface area contributed by atoms with Crippen LogP contribution in [0.1, 0.15) is 25.5 Å². The van der Waals surface area contributed by atoms with Crippen molar-refractivity contribution in [2.24, 2.45) is 0 Å². The van der Waals surface area contributed by atoms with Crippen molar-refractivity contribution in [1.29, 1.82) is 0 Å². The SMILES string of the molecule is CCCOCCCNS(=O)(=O)c1sc(Cl)nc1C. The lowest BCUT2D eigenvalue weighted by Crippen LogP contribution is -2.25. The molecular formula is C10H17ClN2O3S2. The van der Waals surface area contributed by atoms with E-state index < -0.39 is 10.0 Å². The second-order valence-electron chi connectivity index (χ2n) is 3.70. The van der Waals surface area contributed by atoms with Gasteiger partial charge in [-0.15, -0.1) is 0 Å². The Kier molecular flexibility index (Phi) is 6.51. The minimum absolute atomic E-state index is 0.182. The second-order valence-corrected chi connectivity index (χ2v) is 7.25. The number of aromatic nitrogens is 1. The Morgan fingerprint density at radius 3 is 2.72 bits per heavy atom. The lowest BCUT2D eigenvalue weighted by Gasteiger charge is -2.05.